The quantitative estimate of drug-likeness (QED) is 0.671. The van der Waals surface area contributed by atoms with Crippen molar-refractivity contribution in [1.82, 2.24) is 20.1 Å². The highest BCUT2D eigenvalue weighted by Crippen LogP contribution is 2.39. The third kappa shape index (κ3) is 4.76. The maximum Gasteiger partial charge on any atom is 0.230 e. The summed E-state index contributed by atoms with van der Waals surface area (Å²) in [6, 6.07) is 8.14. The van der Waals surface area contributed by atoms with Gasteiger partial charge < -0.3 is 10.1 Å². The van der Waals surface area contributed by atoms with Gasteiger partial charge in [-0.05, 0) is 37.8 Å². The Labute approximate surface area is 168 Å². The Morgan fingerprint density at radius 3 is 2.74 bits per heavy atom. The average molecular weight is 407 g/mol. The van der Waals surface area contributed by atoms with Crippen molar-refractivity contribution in [1.29, 1.82) is 0 Å². The van der Waals surface area contributed by atoms with E-state index in [0.29, 0.717) is 35.2 Å². The van der Waals surface area contributed by atoms with Crippen LogP contribution in [0.25, 0.3) is 0 Å². The van der Waals surface area contributed by atoms with Gasteiger partial charge in [0.1, 0.15) is 12.4 Å². The minimum absolute atomic E-state index is 0.0751. The van der Waals surface area contributed by atoms with Crippen LogP contribution in [0.2, 0.25) is 5.02 Å². The summed E-state index contributed by atoms with van der Waals surface area (Å²) < 4.78 is 7.94. The van der Waals surface area contributed by atoms with Crippen LogP contribution in [0.15, 0.2) is 29.4 Å². The maximum absolute atomic E-state index is 12.2. The molecule has 8 heteroatoms. The fraction of sp³-hybridized carbons (Fsp3) is 0.526. The van der Waals surface area contributed by atoms with E-state index in [1.807, 2.05) is 18.2 Å². The number of carbonyl (C=O) groups excluding carboxylic acids is 1. The third-order valence-electron chi connectivity index (χ3n) is 4.89. The molecule has 0 aliphatic heterocycles. The molecule has 6 nitrogen and oxygen atoms in total. The van der Waals surface area contributed by atoms with Gasteiger partial charge in [-0.25, -0.2) is 0 Å². The van der Waals surface area contributed by atoms with Crippen LogP contribution in [0.1, 0.15) is 50.4 Å². The number of thioether (sulfide) groups is 1. The van der Waals surface area contributed by atoms with Crippen molar-refractivity contribution < 1.29 is 9.53 Å². The van der Waals surface area contributed by atoms with Crippen molar-refractivity contribution >= 4 is 29.3 Å². The second-order valence-electron chi connectivity index (χ2n) is 7.06. The molecule has 0 unspecified atom stereocenters. The molecule has 2 aromatic rings. The molecule has 2 fully saturated rings. The molecule has 0 radical (unpaired) electrons. The predicted molar refractivity (Wildman–Crippen MR) is 105 cm³/mol. The normalized spacial score (nSPS) is 17.2. The smallest absolute Gasteiger partial charge is 0.230 e. The Morgan fingerprint density at radius 1 is 1.22 bits per heavy atom. The van der Waals surface area contributed by atoms with Crippen LogP contribution >= 0.6 is 23.4 Å². The van der Waals surface area contributed by atoms with Crippen LogP contribution < -0.4 is 10.1 Å². The molecule has 144 valence electrons. The molecule has 4 rings (SSSR count). The fourth-order valence-corrected chi connectivity index (χ4v) is 4.40. The van der Waals surface area contributed by atoms with Crippen molar-refractivity contribution in [3.8, 4) is 5.75 Å². The van der Waals surface area contributed by atoms with Gasteiger partial charge in [0.05, 0.1) is 10.8 Å². The second-order valence-corrected chi connectivity index (χ2v) is 8.41. The summed E-state index contributed by atoms with van der Waals surface area (Å²) in [5.74, 6) is 1.85. The molecular weight excluding hydrogens is 384 g/mol. The number of para-hydroxylation sites is 1. The van der Waals surface area contributed by atoms with Gasteiger partial charge in [0.25, 0.3) is 0 Å². The zero-order valence-electron chi connectivity index (χ0n) is 15.1. The second kappa shape index (κ2) is 8.52. The number of amides is 1. The first kappa shape index (κ1) is 18.6. The van der Waals surface area contributed by atoms with Crippen molar-refractivity contribution in [2.24, 2.45) is 0 Å². The van der Waals surface area contributed by atoms with Gasteiger partial charge in [0.15, 0.2) is 11.0 Å². The largest absolute Gasteiger partial charge is 0.484 e. The molecule has 0 atom stereocenters. The molecular formula is C19H23ClN4O2S. The van der Waals surface area contributed by atoms with Gasteiger partial charge in [-0.2, -0.15) is 0 Å². The molecule has 2 aliphatic rings. The van der Waals surface area contributed by atoms with Crippen LogP contribution in [0.4, 0.5) is 0 Å². The Hall–Kier alpha value is -1.73. The highest BCUT2D eigenvalue weighted by atomic mass is 35.5. The molecule has 1 aromatic heterocycles. The van der Waals surface area contributed by atoms with Gasteiger partial charge in [0.2, 0.25) is 5.91 Å². The van der Waals surface area contributed by atoms with Crippen LogP contribution in [0.3, 0.4) is 0 Å². The van der Waals surface area contributed by atoms with Crippen molar-refractivity contribution in [3.05, 3.63) is 35.1 Å². The van der Waals surface area contributed by atoms with Gasteiger partial charge in [0, 0.05) is 12.1 Å². The Balaban J connectivity index is 1.37. The highest BCUT2D eigenvalue weighted by molar-refractivity contribution is 7.99. The number of ether oxygens (including phenoxy) is 1. The van der Waals surface area contributed by atoms with Crippen molar-refractivity contribution in [2.75, 3.05) is 5.75 Å². The summed E-state index contributed by atoms with van der Waals surface area (Å²) in [6.45, 7) is 0.308. The zero-order valence-corrected chi connectivity index (χ0v) is 16.6. The van der Waals surface area contributed by atoms with Crippen molar-refractivity contribution in [3.63, 3.8) is 0 Å². The molecule has 2 aliphatic carbocycles. The molecule has 1 aromatic carbocycles. The monoisotopic (exact) mass is 406 g/mol. The lowest BCUT2D eigenvalue weighted by Gasteiger charge is -2.12. The van der Waals surface area contributed by atoms with Crippen LogP contribution in [-0.4, -0.2) is 32.5 Å². The molecule has 1 N–H and O–H groups in total. The highest BCUT2D eigenvalue weighted by Gasteiger charge is 2.30. The number of halogens is 1. The van der Waals surface area contributed by atoms with E-state index < -0.39 is 0 Å². The molecule has 0 bridgehead atoms. The van der Waals surface area contributed by atoms with Gasteiger partial charge in [-0.3, -0.25) is 9.36 Å². The molecule has 1 heterocycles. The summed E-state index contributed by atoms with van der Waals surface area (Å²) in [4.78, 5) is 12.2. The Morgan fingerprint density at radius 2 is 2.00 bits per heavy atom. The number of rotatable bonds is 8. The molecule has 27 heavy (non-hydrogen) atoms. The summed E-state index contributed by atoms with van der Waals surface area (Å²) in [5.41, 5.74) is 0. The number of nitrogens with one attached hydrogen (secondary N) is 1. The minimum atomic E-state index is 0.0751. The van der Waals surface area contributed by atoms with Gasteiger partial charge in [-0.1, -0.05) is 48.3 Å². The SMILES string of the molecule is O=C(CSc1nnc(COc2ccccc2Cl)n1C1CC1)NC1CCCC1. The molecule has 0 saturated heterocycles. The lowest BCUT2D eigenvalue weighted by molar-refractivity contribution is -0.119. The zero-order chi connectivity index (χ0) is 18.6. The van der Waals surface area contributed by atoms with E-state index in [-0.39, 0.29) is 5.91 Å². The van der Waals surface area contributed by atoms with E-state index in [9.17, 15) is 4.79 Å². The first-order chi connectivity index (χ1) is 13.2. The van der Waals surface area contributed by atoms with E-state index in [2.05, 4.69) is 20.1 Å². The van der Waals surface area contributed by atoms with E-state index in [4.69, 9.17) is 16.3 Å². The Bertz CT molecular complexity index is 803. The minimum Gasteiger partial charge on any atom is -0.484 e. The van der Waals surface area contributed by atoms with Gasteiger partial charge >= 0.3 is 0 Å². The summed E-state index contributed by atoms with van der Waals surface area (Å²) in [7, 11) is 0. The standard InChI is InChI=1S/C19H23ClN4O2S/c20-15-7-3-4-8-16(15)26-11-17-22-23-19(24(17)14-9-10-14)27-12-18(25)21-13-5-1-2-6-13/h3-4,7-8,13-14H,1-2,5-6,9-12H2,(H,21,25). The summed E-state index contributed by atoms with van der Waals surface area (Å²) in [6.07, 6.45) is 6.83. The first-order valence-corrected chi connectivity index (χ1v) is 10.8. The average Bonchev–Trinajstić information content (AvgIpc) is 3.21. The topological polar surface area (TPSA) is 69.0 Å². The van der Waals surface area contributed by atoms with Gasteiger partial charge in [-0.15, -0.1) is 10.2 Å². The summed E-state index contributed by atoms with van der Waals surface area (Å²) >= 11 is 7.60. The molecule has 2 saturated carbocycles. The summed E-state index contributed by atoms with van der Waals surface area (Å²) in [5, 5.41) is 13.1. The molecule has 0 spiro atoms. The lowest BCUT2D eigenvalue weighted by atomic mass is 10.2. The first-order valence-electron chi connectivity index (χ1n) is 9.44. The van der Waals surface area contributed by atoms with Crippen molar-refractivity contribution in [2.45, 2.75) is 62.4 Å². The van der Waals surface area contributed by atoms with E-state index >= 15 is 0 Å². The van der Waals surface area contributed by atoms with E-state index in [0.717, 1.165) is 36.7 Å². The number of carbonyl (C=O) groups is 1. The maximum atomic E-state index is 12.2. The van der Waals surface area contributed by atoms with E-state index in [1.54, 1.807) is 6.07 Å². The molecule has 1 amide bonds. The number of hydrogen-bond donors (Lipinski definition) is 1. The predicted octanol–water partition coefficient (Wildman–Crippen LogP) is 4.00. The van der Waals surface area contributed by atoms with Crippen LogP contribution in [-0.2, 0) is 11.4 Å². The fourth-order valence-electron chi connectivity index (χ4n) is 3.38. The lowest BCUT2D eigenvalue weighted by Crippen LogP contribution is -2.33. The number of aromatic nitrogens is 3. The Kier molecular flexibility index (Phi) is 5.88. The third-order valence-corrected chi connectivity index (χ3v) is 6.15. The number of nitrogens with zero attached hydrogens (tertiary/aromatic N) is 3. The van der Waals surface area contributed by atoms with Crippen LogP contribution in [0.5, 0.6) is 5.75 Å². The van der Waals surface area contributed by atoms with E-state index in [1.165, 1.54) is 24.6 Å². The van der Waals surface area contributed by atoms with Crippen LogP contribution in [0, 0.1) is 0 Å². The number of hydrogen-bond acceptors (Lipinski definition) is 5. The number of benzene rings is 1.